The molecular formula is C19H17NO3. The highest BCUT2D eigenvalue weighted by molar-refractivity contribution is 6.23. The molecule has 0 N–H and O–H groups in total. The molecule has 116 valence electrons. The number of amides is 2. The number of carbonyl (C=O) groups is 3. The lowest BCUT2D eigenvalue weighted by molar-refractivity contribution is -0.124. The Hall–Kier alpha value is -2.23. The second-order valence-corrected chi connectivity index (χ2v) is 7.27. The van der Waals surface area contributed by atoms with E-state index in [2.05, 4.69) is 12.2 Å². The maximum Gasteiger partial charge on any atom is 0.238 e. The van der Waals surface area contributed by atoms with E-state index in [-0.39, 0.29) is 41.3 Å². The van der Waals surface area contributed by atoms with Crippen molar-refractivity contribution < 1.29 is 14.4 Å². The number of benzene rings is 1. The minimum absolute atomic E-state index is 0.0636. The third-order valence-electron chi connectivity index (χ3n) is 6.17. The molecule has 1 saturated heterocycles. The quantitative estimate of drug-likeness (QED) is 0.479. The summed E-state index contributed by atoms with van der Waals surface area (Å²) in [5, 5.41) is 0. The van der Waals surface area contributed by atoms with Gasteiger partial charge in [-0.1, -0.05) is 24.3 Å². The van der Waals surface area contributed by atoms with E-state index in [9.17, 15) is 14.4 Å². The number of nitrogens with zero attached hydrogens (tertiary/aromatic N) is 1. The molecule has 4 aliphatic carbocycles. The van der Waals surface area contributed by atoms with E-state index >= 15 is 0 Å². The Balaban J connectivity index is 1.57. The van der Waals surface area contributed by atoms with Crippen LogP contribution in [0.1, 0.15) is 23.7 Å². The fourth-order valence-electron chi connectivity index (χ4n) is 5.08. The zero-order valence-corrected chi connectivity index (χ0v) is 12.8. The summed E-state index contributed by atoms with van der Waals surface area (Å²) in [4.78, 5) is 38.9. The minimum Gasteiger partial charge on any atom is -0.295 e. The van der Waals surface area contributed by atoms with E-state index in [1.54, 1.807) is 24.3 Å². The summed E-state index contributed by atoms with van der Waals surface area (Å²) in [7, 11) is 0. The van der Waals surface area contributed by atoms with Gasteiger partial charge in [0.05, 0.1) is 17.5 Å². The lowest BCUT2D eigenvalue weighted by Crippen LogP contribution is -2.40. The van der Waals surface area contributed by atoms with Crippen LogP contribution in [0.2, 0.25) is 0 Å². The van der Waals surface area contributed by atoms with Gasteiger partial charge in [0.1, 0.15) is 0 Å². The second kappa shape index (κ2) is 4.19. The number of allylic oxidation sites excluding steroid dienone is 2. The number of rotatable bonds is 2. The van der Waals surface area contributed by atoms with E-state index in [4.69, 9.17) is 0 Å². The zero-order chi connectivity index (χ0) is 15.9. The molecule has 2 bridgehead atoms. The fraction of sp³-hybridized carbons (Fsp3) is 0.421. The van der Waals surface area contributed by atoms with Gasteiger partial charge in [0.15, 0.2) is 5.78 Å². The predicted octanol–water partition coefficient (Wildman–Crippen LogP) is 2.45. The first-order chi connectivity index (χ1) is 11.1. The smallest absolute Gasteiger partial charge is 0.238 e. The summed E-state index contributed by atoms with van der Waals surface area (Å²) in [6.45, 7) is 1.49. The van der Waals surface area contributed by atoms with Crippen molar-refractivity contribution in [3.63, 3.8) is 0 Å². The molecule has 0 spiro atoms. The number of hydrogen-bond acceptors (Lipinski definition) is 3. The molecule has 1 aliphatic heterocycles. The Kier molecular flexibility index (Phi) is 2.41. The molecule has 0 aromatic heterocycles. The number of anilines is 1. The van der Waals surface area contributed by atoms with Crippen molar-refractivity contribution >= 4 is 23.3 Å². The van der Waals surface area contributed by atoms with E-state index < -0.39 is 0 Å². The van der Waals surface area contributed by atoms with E-state index in [0.29, 0.717) is 23.1 Å². The largest absolute Gasteiger partial charge is 0.295 e. The van der Waals surface area contributed by atoms with Crippen LogP contribution in [0.5, 0.6) is 0 Å². The third kappa shape index (κ3) is 1.58. The van der Waals surface area contributed by atoms with Crippen molar-refractivity contribution in [1.82, 2.24) is 0 Å². The van der Waals surface area contributed by atoms with Crippen LogP contribution >= 0.6 is 0 Å². The summed E-state index contributed by atoms with van der Waals surface area (Å²) < 4.78 is 0. The van der Waals surface area contributed by atoms with Crippen LogP contribution in [0.25, 0.3) is 0 Å². The molecule has 5 aliphatic rings. The average Bonchev–Trinajstić information content (AvgIpc) is 3.32. The highest BCUT2D eigenvalue weighted by Crippen LogP contribution is 2.65. The predicted molar refractivity (Wildman–Crippen MR) is 83.6 cm³/mol. The van der Waals surface area contributed by atoms with Crippen LogP contribution < -0.4 is 4.90 Å². The Labute approximate surface area is 134 Å². The van der Waals surface area contributed by atoms with Crippen molar-refractivity contribution in [1.29, 1.82) is 0 Å². The Bertz CT molecular complexity index is 760. The van der Waals surface area contributed by atoms with Gasteiger partial charge >= 0.3 is 0 Å². The van der Waals surface area contributed by atoms with Gasteiger partial charge in [-0.3, -0.25) is 14.4 Å². The number of hydrogen-bond donors (Lipinski definition) is 0. The van der Waals surface area contributed by atoms with Gasteiger partial charge in [0.25, 0.3) is 0 Å². The van der Waals surface area contributed by atoms with Crippen LogP contribution in [0.3, 0.4) is 0 Å². The minimum atomic E-state index is -0.192. The molecular weight excluding hydrogens is 290 g/mol. The van der Waals surface area contributed by atoms with E-state index in [1.165, 1.54) is 11.8 Å². The Morgan fingerprint density at radius 2 is 1.65 bits per heavy atom. The lowest BCUT2D eigenvalue weighted by atomic mass is 9.63. The molecule has 23 heavy (non-hydrogen) atoms. The highest BCUT2D eigenvalue weighted by Gasteiger charge is 2.67. The second-order valence-electron chi connectivity index (χ2n) is 7.27. The summed E-state index contributed by atoms with van der Waals surface area (Å²) in [6, 6.07) is 6.85. The SMILES string of the molecule is CC(=O)c1cccc(N2C(=O)[C@@H]3[C@@H]4C=C[C@H]([C@@H]5C[C@@H]45)[C@H]3C2=O)c1. The molecule has 1 heterocycles. The maximum atomic E-state index is 13.0. The van der Waals surface area contributed by atoms with Crippen molar-refractivity contribution in [2.75, 3.05) is 4.90 Å². The van der Waals surface area contributed by atoms with Crippen LogP contribution in [0, 0.1) is 35.5 Å². The molecule has 4 nitrogen and oxygen atoms in total. The molecule has 6 rings (SSSR count). The van der Waals surface area contributed by atoms with Crippen LogP contribution in [0.15, 0.2) is 36.4 Å². The average molecular weight is 307 g/mol. The van der Waals surface area contributed by atoms with Gasteiger partial charge in [-0.25, -0.2) is 4.90 Å². The molecule has 2 amide bonds. The van der Waals surface area contributed by atoms with E-state index in [0.717, 1.165) is 6.42 Å². The first-order valence-electron chi connectivity index (χ1n) is 8.25. The monoisotopic (exact) mass is 307 g/mol. The normalized spacial score (nSPS) is 39.4. The molecule has 0 radical (unpaired) electrons. The van der Waals surface area contributed by atoms with Gasteiger partial charge in [0, 0.05) is 5.56 Å². The van der Waals surface area contributed by atoms with Gasteiger partial charge in [-0.2, -0.15) is 0 Å². The summed E-state index contributed by atoms with van der Waals surface area (Å²) in [6.07, 6.45) is 5.50. The summed E-state index contributed by atoms with van der Waals surface area (Å²) >= 11 is 0. The molecule has 6 atom stereocenters. The molecule has 3 fully saturated rings. The fourth-order valence-corrected chi connectivity index (χ4v) is 5.08. The van der Waals surface area contributed by atoms with Crippen LogP contribution in [-0.2, 0) is 9.59 Å². The number of carbonyl (C=O) groups excluding carboxylic acids is 3. The van der Waals surface area contributed by atoms with Crippen LogP contribution in [-0.4, -0.2) is 17.6 Å². The Morgan fingerprint density at radius 3 is 2.22 bits per heavy atom. The maximum absolute atomic E-state index is 13.0. The number of Topliss-reactive ketones (excluding diaryl/α,β-unsaturated/α-hetero) is 1. The molecule has 1 aromatic rings. The van der Waals surface area contributed by atoms with Crippen molar-refractivity contribution in [3.8, 4) is 0 Å². The first kappa shape index (κ1) is 13.2. The third-order valence-corrected chi connectivity index (χ3v) is 6.17. The summed E-state index contributed by atoms with van der Waals surface area (Å²) in [5.74, 6) is 1.06. The Morgan fingerprint density at radius 1 is 1.04 bits per heavy atom. The number of ketones is 1. The van der Waals surface area contributed by atoms with Gasteiger partial charge < -0.3 is 0 Å². The van der Waals surface area contributed by atoms with Crippen molar-refractivity contribution in [2.45, 2.75) is 13.3 Å². The van der Waals surface area contributed by atoms with Gasteiger partial charge in [-0.15, -0.1) is 0 Å². The van der Waals surface area contributed by atoms with Crippen molar-refractivity contribution in [3.05, 3.63) is 42.0 Å². The van der Waals surface area contributed by atoms with Crippen LogP contribution in [0.4, 0.5) is 5.69 Å². The lowest BCUT2D eigenvalue weighted by Gasteiger charge is -2.37. The van der Waals surface area contributed by atoms with E-state index in [1.807, 2.05) is 0 Å². The molecule has 1 aromatic carbocycles. The summed E-state index contributed by atoms with van der Waals surface area (Å²) in [5.41, 5.74) is 1.07. The van der Waals surface area contributed by atoms with Crippen molar-refractivity contribution in [2.24, 2.45) is 35.5 Å². The molecule has 4 heteroatoms. The topological polar surface area (TPSA) is 54.5 Å². The standard InChI is InChI=1S/C19H17NO3/c1-9(21)10-3-2-4-11(7-10)20-18(22)16-12-5-6-13(15-8-14(12)15)17(16)19(20)23/h2-7,12-17H,8H2,1H3/t12-,13-,14+,15+,16-,17-/m1/s1. The first-order valence-corrected chi connectivity index (χ1v) is 8.25. The van der Waals surface area contributed by atoms with Gasteiger partial charge in [-0.05, 0) is 49.1 Å². The molecule has 2 saturated carbocycles. The molecule has 0 unspecified atom stereocenters. The van der Waals surface area contributed by atoms with Gasteiger partial charge in [0.2, 0.25) is 11.8 Å². The zero-order valence-electron chi connectivity index (χ0n) is 12.8. The highest BCUT2D eigenvalue weighted by atomic mass is 16.2. The number of imide groups is 1.